The number of benzene rings is 1. The Kier molecular flexibility index (Phi) is 7.44. The maximum Gasteiger partial charge on any atom is 0.407 e. The van der Waals surface area contributed by atoms with Crippen LogP contribution in [0.1, 0.15) is 63.6 Å². The molecule has 1 aromatic carbocycles. The number of carbonyl (C=O) groups is 3. The molecule has 0 bridgehead atoms. The molecule has 2 N–H and O–H groups in total. The van der Waals surface area contributed by atoms with E-state index in [2.05, 4.69) is 27.5 Å². The van der Waals surface area contributed by atoms with Crippen LogP contribution in [-0.2, 0) is 14.3 Å². The highest BCUT2D eigenvalue weighted by atomic mass is 16.6. The Balaban J connectivity index is 1.65. The van der Waals surface area contributed by atoms with Crippen LogP contribution in [0.2, 0.25) is 0 Å². The van der Waals surface area contributed by atoms with Gasteiger partial charge in [0, 0.05) is 48.0 Å². The Morgan fingerprint density at radius 1 is 1.24 bits per heavy atom. The molecule has 0 radical (unpaired) electrons. The number of hydrogen-bond donors (Lipinski definition) is 2. The van der Waals surface area contributed by atoms with Crippen LogP contribution in [0.3, 0.4) is 0 Å². The average molecular weight is 450 g/mol. The highest BCUT2D eigenvalue weighted by molar-refractivity contribution is 6.00. The molecule has 1 fully saturated rings. The molecule has 1 unspecified atom stereocenters. The summed E-state index contributed by atoms with van der Waals surface area (Å²) in [6.45, 7) is 5.89. The van der Waals surface area contributed by atoms with Crippen LogP contribution < -0.4 is 16.1 Å². The molecule has 3 amide bonds. The number of ether oxygens (including phenoxy) is 1. The second-order valence-corrected chi connectivity index (χ2v) is 8.83. The molecule has 1 saturated heterocycles. The summed E-state index contributed by atoms with van der Waals surface area (Å²) in [5.41, 5.74) is 0.316. The minimum Gasteiger partial charge on any atom is -0.444 e. The number of fused-ring (bicyclic) bond motifs is 1. The monoisotopic (exact) mass is 449 g/mol. The molecule has 8 heteroatoms. The summed E-state index contributed by atoms with van der Waals surface area (Å²) in [4.78, 5) is 52.2. The number of nitrogens with zero attached hydrogens (tertiary/aromatic N) is 1. The summed E-state index contributed by atoms with van der Waals surface area (Å²) in [5.74, 6) is 4.75. The van der Waals surface area contributed by atoms with Gasteiger partial charge in [-0.2, -0.15) is 0 Å². The lowest BCUT2D eigenvalue weighted by Crippen LogP contribution is -2.39. The topological polar surface area (TPSA) is 114 Å². The molecular weight excluding hydrogens is 422 g/mol. The fourth-order valence-corrected chi connectivity index (χ4v) is 3.38. The van der Waals surface area contributed by atoms with Crippen molar-refractivity contribution in [2.24, 2.45) is 0 Å². The van der Waals surface area contributed by atoms with Gasteiger partial charge >= 0.3 is 6.09 Å². The zero-order valence-corrected chi connectivity index (χ0v) is 19.0. The smallest absolute Gasteiger partial charge is 0.407 e. The van der Waals surface area contributed by atoms with Crippen molar-refractivity contribution in [1.29, 1.82) is 0 Å². The minimum absolute atomic E-state index is 0.220. The molecule has 0 aliphatic carbocycles. The summed E-state index contributed by atoms with van der Waals surface area (Å²) in [6.07, 6.45) is 2.92. The lowest BCUT2D eigenvalue weighted by Gasteiger charge is -2.19. The van der Waals surface area contributed by atoms with Gasteiger partial charge < -0.3 is 10.1 Å². The molecule has 2 aromatic rings. The van der Waals surface area contributed by atoms with E-state index in [0.29, 0.717) is 42.3 Å². The van der Waals surface area contributed by atoms with Crippen LogP contribution in [-0.4, -0.2) is 35.0 Å². The summed E-state index contributed by atoms with van der Waals surface area (Å²) >= 11 is 0. The third kappa shape index (κ3) is 6.88. The first-order chi connectivity index (χ1) is 15.6. The Morgan fingerprint density at radius 2 is 2.03 bits per heavy atom. The number of amides is 3. The first kappa shape index (κ1) is 23.9. The van der Waals surface area contributed by atoms with Crippen molar-refractivity contribution in [3.05, 3.63) is 51.9 Å². The Hall–Kier alpha value is -3.73. The molecule has 3 rings (SSSR count). The van der Waals surface area contributed by atoms with E-state index in [4.69, 9.17) is 4.74 Å². The summed E-state index contributed by atoms with van der Waals surface area (Å²) in [7, 11) is 0. The molecule has 1 aromatic heterocycles. The van der Waals surface area contributed by atoms with Crippen LogP contribution in [0, 0.1) is 11.8 Å². The van der Waals surface area contributed by atoms with Crippen LogP contribution in [0.25, 0.3) is 10.8 Å². The van der Waals surface area contributed by atoms with E-state index < -0.39 is 23.5 Å². The highest BCUT2D eigenvalue weighted by Gasteiger charge is 2.29. The standard InChI is InChI=1S/C25H27N3O5/c1-25(2,3)33-24(32)26-12-6-4-5-7-16-8-9-18-17(13-16)15-27-20(14-21(18)29)19-10-11-22(30)28-23(19)31/h8-9,13-15,19H,4,6,10-12H2,1-3H3,(H,26,32)(H,28,30,31). The molecular formula is C25H27N3O5. The van der Waals surface area contributed by atoms with Gasteiger partial charge in [-0.3, -0.25) is 24.7 Å². The van der Waals surface area contributed by atoms with Crippen molar-refractivity contribution < 1.29 is 19.1 Å². The van der Waals surface area contributed by atoms with Crippen molar-refractivity contribution in [3.63, 3.8) is 0 Å². The molecule has 0 spiro atoms. The first-order valence-electron chi connectivity index (χ1n) is 10.9. The molecule has 1 aliphatic rings. The fourth-order valence-electron chi connectivity index (χ4n) is 3.38. The Bertz CT molecular complexity index is 1200. The quantitative estimate of drug-likeness (QED) is 0.421. The summed E-state index contributed by atoms with van der Waals surface area (Å²) < 4.78 is 5.17. The second-order valence-electron chi connectivity index (χ2n) is 8.83. The van der Waals surface area contributed by atoms with Crippen LogP contribution in [0.15, 0.2) is 35.3 Å². The predicted octanol–water partition coefficient (Wildman–Crippen LogP) is 2.77. The molecule has 1 atom stereocenters. The van der Waals surface area contributed by atoms with Gasteiger partial charge in [0.1, 0.15) is 5.60 Å². The van der Waals surface area contributed by atoms with E-state index >= 15 is 0 Å². The van der Waals surface area contributed by atoms with E-state index in [1.54, 1.807) is 24.4 Å². The van der Waals surface area contributed by atoms with Gasteiger partial charge in [0.2, 0.25) is 11.8 Å². The zero-order valence-electron chi connectivity index (χ0n) is 19.0. The number of nitrogens with one attached hydrogen (secondary N) is 2. The van der Waals surface area contributed by atoms with Gasteiger partial charge in [0.25, 0.3) is 0 Å². The number of rotatable bonds is 4. The number of carbonyl (C=O) groups excluding carboxylic acids is 3. The number of unbranched alkanes of at least 4 members (excludes halogenated alkanes) is 1. The third-order valence-electron chi connectivity index (χ3n) is 4.92. The van der Waals surface area contributed by atoms with Gasteiger partial charge in [0.15, 0.2) is 5.43 Å². The van der Waals surface area contributed by atoms with Gasteiger partial charge in [-0.15, -0.1) is 0 Å². The molecule has 1 aliphatic heterocycles. The highest BCUT2D eigenvalue weighted by Crippen LogP contribution is 2.22. The van der Waals surface area contributed by atoms with Gasteiger partial charge in [0.05, 0.1) is 11.6 Å². The van der Waals surface area contributed by atoms with Gasteiger partial charge in [-0.1, -0.05) is 11.8 Å². The fraction of sp³-hybridized carbons (Fsp3) is 0.400. The minimum atomic E-state index is -0.620. The number of piperidine rings is 1. The van der Waals surface area contributed by atoms with Crippen LogP contribution >= 0.6 is 0 Å². The van der Waals surface area contributed by atoms with Crippen molar-refractivity contribution in [2.45, 2.75) is 58.0 Å². The number of alkyl carbamates (subject to hydrolysis) is 1. The predicted molar refractivity (Wildman–Crippen MR) is 123 cm³/mol. The average Bonchev–Trinajstić information content (AvgIpc) is 2.88. The number of aromatic nitrogens is 1. The van der Waals surface area contributed by atoms with E-state index in [1.807, 2.05) is 20.8 Å². The number of hydrogen-bond acceptors (Lipinski definition) is 6. The van der Waals surface area contributed by atoms with Crippen LogP contribution in [0.5, 0.6) is 0 Å². The normalized spacial score (nSPS) is 15.9. The molecule has 2 heterocycles. The maximum absolute atomic E-state index is 12.7. The lowest BCUT2D eigenvalue weighted by molar-refractivity contribution is -0.134. The first-order valence-corrected chi connectivity index (χ1v) is 10.9. The van der Waals surface area contributed by atoms with E-state index in [-0.39, 0.29) is 17.8 Å². The zero-order chi connectivity index (χ0) is 24.0. The number of imide groups is 1. The second kappa shape index (κ2) is 10.3. The van der Waals surface area contributed by atoms with Gasteiger partial charge in [-0.05, 0) is 51.8 Å². The van der Waals surface area contributed by atoms with Crippen molar-refractivity contribution in [2.75, 3.05) is 6.54 Å². The summed E-state index contributed by atoms with van der Waals surface area (Å²) in [5, 5.41) is 6.09. The molecule has 0 saturated carbocycles. The maximum atomic E-state index is 12.7. The Labute approximate surface area is 192 Å². The van der Waals surface area contributed by atoms with Crippen molar-refractivity contribution >= 4 is 28.7 Å². The third-order valence-corrected chi connectivity index (χ3v) is 4.92. The lowest BCUT2D eigenvalue weighted by atomic mass is 9.94. The van der Waals surface area contributed by atoms with E-state index in [1.165, 1.54) is 6.07 Å². The summed E-state index contributed by atoms with van der Waals surface area (Å²) in [6, 6.07) is 6.61. The SMILES string of the molecule is CC(C)(C)OC(=O)NCCCC#Cc1ccc2c(=O)cc(C3CCC(=O)NC3=O)ncc2c1. The van der Waals surface area contributed by atoms with Crippen molar-refractivity contribution in [3.8, 4) is 11.8 Å². The van der Waals surface area contributed by atoms with E-state index in [0.717, 1.165) is 5.56 Å². The van der Waals surface area contributed by atoms with Crippen LogP contribution in [0.4, 0.5) is 4.79 Å². The Morgan fingerprint density at radius 3 is 2.76 bits per heavy atom. The molecule has 33 heavy (non-hydrogen) atoms. The molecule has 8 nitrogen and oxygen atoms in total. The van der Waals surface area contributed by atoms with E-state index in [9.17, 15) is 19.2 Å². The van der Waals surface area contributed by atoms with Crippen molar-refractivity contribution in [1.82, 2.24) is 15.6 Å². The molecule has 172 valence electrons. The largest absolute Gasteiger partial charge is 0.444 e. The van der Waals surface area contributed by atoms with Gasteiger partial charge in [-0.25, -0.2) is 4.79 Å².